The number of rotatable bonds is 7. The Morgan fingerprint density at radius 3 is 2.38 bits per heavy atom. The van der Waals surface area contributed by atoms with Gasteiger partial charge in [-0.15, -0.1) is 0 Å². The summed E-state index contributed by atoms with van der Waals surface area (Å²) < 4.78 is 1.68. The second-order valence-corrected chi connectivity index (χ2v) is 7.94. The van der Waals surface area contributed by atoms with Gasteiger partial charge in [0.2, 0.25) is 0 Å². The normalized spacial score (nSPS) is 11.1. The molecule has 0 atom stereocenters. The third kappa shape index (κ3) is 5.25. The van der Waals surface area contributed by atoms with Gasteiger partial charge in [-0.05, 0) is 44.6 Å². The van der Waals surface area contributed by atoms with Gasteiger partial charge < -0.3 is 10.2 Å². The fraction of sp³-hybridized carbons (Fsp3) is 0.304. The molecule has 152 valence electrons. The van der Waals surface area contributed by atoms with E-state index < -0.39 is 0 Å². The van der Waals surface area contributed by atoms with Gasteiger partial charge in [0.1, 0.15) is 5.15 Å². The molecule has 1 N–H and O–H groups in total. The molecule has 3 aromatic rings. The summed E-state index contributed by atoms with van der Waals surface area (Å²) >= 11 is 6.52. The van der Waals surface area contributed by atoms with Crippen LogP contribution in [-0.2, 0) is 19.6 Å². The third-order valence-electron chi connectivity index (χ3n) is 4.79. The molecule has 0 saturated heterocycles. The third-order valence-corrected chi connectivity index (χ3v) is 5.17. The van der Waals surface area contributed by atoms with Crippen LogP contribution in [0.2, 0.25) is 5.15 Å². The van der Waals surface area contributed by atoms with Crippen molar-refractivity contribution in [1.29, 1.82) is 0 Å². The van der Waals surface area contributed by atoms with E-state index in [1.807, 2.05) is 58.3 Å². The van der Waals surface area contributed by atoms with Crippen LogP contribution < -0.4 is 5.32 Å². The molecule has 0 aliphatic carbocycles. The lowest BCUT2D eigenvalue weighted by atomic mass is 10.1. The molecule has 2 aromatic carbocycles. The van der Waals surface area contributed by atoms with E-state index in [2.05, 4.69) is 33.5 Å². The van der Waals surface area contributed by atoms with Gasteiger partial charge >= 0.3 is 0 Å². The minimum atomic E-state index is -0.206. The van der Waals surface area contributed by atoms with E-state index in [0.717, 1.165) is 17.7 Å². The van der Waals surface area contributed by atoms with Crippen molar-refractivity contribution in [3.63, 3.8) is 0 Å². The number of aryl methyl sites for hydroxylation is 2. The van der Waals surface area contributed by atoms with Gasteiger partial charge in [0.25, 0.3) is 5.91 Å². The molecular weight excluding hydrogens is 384 g/mol. The highest BCUT2D eigenvalue weighted by Crippen LogP contribution is 2.21. The molecule has 1 heterocycles. The van der Waals surface area contributed by atoms with Crippen molar-refractivity contribution in [2.45, 2.75) is 33.5 Å². The minimum absolute atomic E-state index is 0.206. The Bertz CT molecular complexity index is 993. The van der Waals surface area contributed by atoms with Crippen molar-refractivity contribution in [3.8, 4) is 0 Å². The Balaban J connectivity index is 1.73. The molecule has 0 spiro atoms. The van der Waals surface area contributed by atoms with Crippen LogP contribution in [0.4, 0.5) is 0 Å². The van der Waals surface area contributed by atoms with Crippen LogP contribution in [0.3, 0.4) is 0 Å². The van der Waals surface area contributed by atoms with Gasteiger partial charge in [-0.2, -0.15) is 5.10 Å². The van der Waals surface area contributed by atoms with Crippen LogP contribution in [-0.4, -0.2) is 34.7 Å². The van der Waals surface area contributed by atoms with E-state index in [4.69, 9.17) is 11.6 Å². The number of hydrogen-bond acceptors (Lipinski definition) is 3. The lowest BCUT2D eigenvalue weighted by molar-refractivity contribution is 0.0950. The van der Waals surface area contributed by atoms with Gasteiger partial charge in [-0.3, -0.25) is 4.79 Å². The Morgan fingerprint density at radius 2 is 1.72 bits per heavy atom. The Morgan fingerprint density at radius 1 is 1.07 bits per heavy atom. The first kappa shape index (κ1) is 21.1. The summed E-state index contributed by atoms with van der Waals surface area (Å²) in [7, 11) is 4.06. The number of carbonyl (C=O) groups excluding carboxylic acids is 1. The molecule has 3 rings (SSSR count). The topological polar surface area (TPSA) is 50.2 Å². The average molecular weight is 411 g/mol. The summed E-state index contributed by atoms with van der Waals surface area (Å²) in [5.41, 5.74) is 5.63. The fourth-order valence-electron chi connectivity index (χ4n) is 3.27. The van der Waals surface area contributed by atoms with Crippen LogP contribution in [0.25, 0.3) is 0 Å². The molecule has 6 heteroatoms. The number of nitrogens with zero attached hydrogens (tertiary/aromatic N) is 3. The number of halogens is 1. The maximum atomic E-state index is 12.8. The first-order chi connectivity index (χ1) is 13.8. The highest BCUT2D eigenvalue weighted by molar-refractivity contribution is 6.33. The molecule has 0 saturated carbocycles. The van der Waals surface area contributed by atoms with E-state index >= 15 is 0 Å². The van der Waals surface area contributed by atoms with E-state index in [1.54, 1.807) is 4.68 Å². The Kier molecular flexibility index (Phi) is 6.72. The molecule has 0 unspecified atom stereocenters. The molecule has 1 aromatic heterocycles. The lowest BCUT2D eigenvalue weighted by Gasteiger charge is -2.14. The largest absolute Gasteiger partial charge is 0.348 e. The molecule has 0 bridgehead atoms. The van der Waals surface area contributed by atoms with Gasteiger partial charge in [0, 0.05) is 13.1 Å². The van der Waals surface area contributed by atoms with Crippen molar-refractivity contribution < 1.29 is 4.79 Å². The SMILES string of the molecule is Cc1ccc(Cn2nc(C)c(C(=O)NCc3ccccc3CN(C)C)c2Cl)cc1. The van der Waals surface area contributed by atoms with E-state index in [9.17, 15) is 4.79 Å². The van der Waals surface area contributed by atoms with Gasteiger partial charge in [0.15, 0.2) is 0 Å². The second-order valence-electron chi connectivity index (χ2n) is 7.58. The zero-order chi connectivity index (χ0) is 21.0. The molecule has 0 aliphatic heterocycles. The quantitative estimate of drug-likeness (QED) is 0.635. The zero-order valence-electron chi connectivity index (χ0n) is 17.4. The van der Waals surface area contributed by atoms with Crippen LogP contribution >= 0.6 is 11.6 Å². The summed E-state index contributed by atoms with van der Waals surface area (Å²) in [4.78, 5) is 15.0. The molecule has 0 radical (unpaired) electrons. The van der Waals surface area contributed by atoms with Crippen LogP contribution in [0, 0.1) is 13.8 Å². The number of carbonyl (C=O) groups is 1. The maximum Gasteiger partial charge on any atom is 0.256 e. The summed E-state index contributed by atoms with van der Waals surface area (Å²) in [6.45, 7) is 5.65. The standard InChI is InChI=1S/C23H27ClN4O/c1-16-9-11-18(12-10-16)14-28-22(24)21(17(2)26-28)23(29)25-13-19-7-5-6-8-20(19)15-27(3)4/h5-12H,13-15H2,1-4H3,(H,25,29). The van der Waals surface area contributed by atoms with Gasteiger partial charge in [0.05, 0.1) is 17.8 Å². The van der Waals surface area contributed by atoms with Crippen LogP contribution in [0.1, 0.15) is 38.3 Å². The highest BCUT2D eigenvalue weighted by atomic mass is 35.5. The summed E-state index contributed by atoms with van der Waals surface area (Å²) in [6.07, 6.45) is 0. The van der Waals surface area contributed by atoms with Crippen molar-refractivity contribution in [1.82, 2.24) is 20.0 Å². The summed E-state index contributed by atoms with van der Waals surface area (Å²) in [5.74, 6) is -0.206. The second kappa shape index (κ2) is 9.25. The average Bonchev–Trinajstić information content (AvgIpc) is 2.95. The number of amides is 1. The number of nitrogens with one attached hydrogen (secondary N) is 1. The predicted molar refractivity (Wildman–Crippen MR) is 117 cm³/mol. The first-order valence-corrected chi connectivity index (χ1v) is 10.0. The van der Waals surface area contributed by atoms with E-state index in [1.165, 1.54) is 11.1 Å². The number of aromatic nitrogens is 2. The minimum Gasteiger partial charge on any atom is -0.348 e. The van der Waals surface area contributed by atoms with E-state index in [-0.39, 0.29) is 5.91 Å². The van der Waals surface area contributed by atoms with E-state index in [0.29, 0.717) is 29.5 Å². The van der Waals surface area contributed by atoms with Crippen molar-refractivity contribution in [3.05, 3.63) is 87.2 Å². The predicted octanol–water partition coefficient (Wildman–Crippen LogP) is 4.19. The summed E-state index contributed by atoms with van der Waals surface area (Å²) in [6, 6.07) is 16.3. The monoisotopic (exact) mass is 410 g/mol. The van der Waals surface area contributed by atoms with Crippen LogP contribution in [0.15, 0.2) is 48.5 Å². The molecule has 5 nitrogen and oxygen atoms in total. The summed E-state index contributed by atoms with van der Waals surface area (Å²) in [5, 5.41) is 7.84. The van der Waals surface area contributed by atoms with Gasteiger partial charge in [-0.1, -0.05) is 65.7 Å². The lowest BCUT2D eigenvalue weighted by Crippen LogP contribution is -2.24. The number of benzene rings is 2. The molecule has 29 heavy (non-hydrogen) atoms. The Hall–Kier alpha value is -2.63. The number of hydrogen-bond donors (Lipinski definition) is 1. The molecule has 1 amide bonds. The van der Waals surface area contributed by atoms with Gasteiger partial charge in [-0.25, -0.2) is 4.68 Å². The van der Waals surface area contributed by atoms with Crippen molar-refractivity contribution >= 4 is 17.5 Å². The fourth-order valence-corrected chi connectivity index (χ4v) is 3.59. The molecule has 0 aliphatic rings. The first-order valence-electron chi connectivity index (χ1n) is 9.63. The van der Waals surface area contributed by atoms with Crippen LogP contribution in [0.5, 0.6) is 0 Å². The molecule has 0 fully saturated rings. The smallest absolute Gasteiger partial charge is 0.256 e. The Labute approximate surface area is 177 Å². The van der Waals surface area contributed by atoms with Crippen molar-refractivity contribution in [2.75, 3.05) is 14.1 Å². The maximum absolute atomic E-state index is 12.8. The zero-order valence-corrected chi connectivity index (χ0v) is 18.1. The van der Waals surface area contributed by atoms with Crippen molar-refractivity contribution in [2.24, 2.45) is 0 Å². The molecular formula is C23H27ClN4O. The highest BCUT2D eigenvalue weighted by Gasteiger charge is 2.20.